The number of fused-ring (bicyclic) bond motifs is 4. The molecule has 4 aromatic rings. The molecule has 7 nitrogen and oxygen atoms in total. The predicted octanol–water partition coefficient (Wildman–Crippen LogP) is 5.72. The molecule has 0 fully saturated rings. The van der Waals surface area contributed by atoms with Gasteiger partial charge in [-0.1, -0.05) is 71.9 Å². The van der Waals surface area contributed by atoms with Crippen LogP contribution in [0.3, 0.4) is 0 Å². The number of thioether (sulfide) groups is 1. The highest BCUT2D eigenvalue weighted by Crippen LogP contribution is 2.44. The van der Waals surface area contributed by atoms with Crippen molar-refractivity contribution in [3.05, 3.63) is 82.9 Å². The van der Waals surface area contributed by atoms with Gasteiger partial charge in [0.15, 0.2) is 23.4 Å². The van der Waals surface area contributed by atoms with Crippen LogP contribution in [-0.4, -0.2) is 22.0 Å². The Kier molecular flexibility index (Phi) is 5.16. The first-order valence-corrected chi connectivity index (χ1v) is 11.6. The van der Waals surface area contributed by atoms with Gasteiger partial charge in [0, 0.05) is 28.6 Å². The Balaban J connectivity index is 1.38. The first-order chi connectivity index (χ1) is 16.2. The smallest absolute Gasteiger partial charge is 0.247 e. The molecule has 2 aliphatic heterocycles. The molecule has 164 valence electrons. The minimum absolute atomic E-state index is 0.166. The van der Waals surface area contributed by atoms with Gasteiger partial charge < -0.3 is 19.5 Å². The van der Waals surface area contributed by atoms with Crippen LogP contribution in [0.5, 0.6) is 17.4 Å². The summed E-state index contributed by atoms with van der Waals surface area (Å²) in [6.07, 6.45) is -0.613. The van der Waals surface area contributed by atoms with Gasteiger partial charge in [0.05, 0.1) is 5.02 Å². The molecule has 0 aliphatic carbocycles. The maximum atomic E-state index is 6.59. The summed E-state index contributed by atoms with van der Waals surface area (Å²) >= 11 is 8.09. The molecule has 1 aromatic heterocycles. The number of ether oxygens (including phenoxy) is 3. The third-order valence-corrected chi connectivity index (χ3v) is 6.55. The molecule has 0 saturated heterocycles. The number of hydrogen-bond acceptors (Lipinski definition) is 8. The maximum Gasteiger partial charge on any atom is 0.247 e. The van der Waals surface area contributed by atoms with Crippen molar-refractivity contribution in [3.63, 3.8) is 0 Å². The number of para-hydroxylation sites is 1. The minimum Gasteiger partial charge on any atom is -0.454 e. The molecule has 0 saturated carbocycles. The zero-order chi connectivity index (χ0) is 22.2. The van der Waals surface area contributed by atoms with Crippen molar-refractivity contribution in [1.82, 2.24) is 15.2 Å². The molecule has 2 aliphatic rings. The Bertz CT molecular complexity index is 1340. The second kappa shape index (κ2) is 8.46. The maximum absolute atomic E-state index is 6.59. The third-order valence-electron chi connectivity index (χ3n) is 5.32. The lowest BCUT2D eigenvalue weighted by Crippen LogP contribution is -2.17. The second-order valence-corrected chi connectivity index (χ2v) is 8.79. The summed E-state index contributed by atoms with van der Waals surface area (Å²) in [4.78, 5) is 4.69. The quantitative estimate of drug-likeness (QED) is 0.375. The molecule has 33 heavy (non-hydrogen) atoms. The summed E-state index contributed by atoms with van der Waals surface area (Å²) < 4.78 is 17.3. The molecular formula is C24H17ClN4O3S. The number of rotatable bonds is 4. The first kappa shape index (κ1) is 20.1. The van der Waals surface area contributed by atoms with Gasteiger partial charge in [0.2, 0.25) is 17.8 Å². The van der Waals surface area contributed by atoms with Gasteiger partial charge in [-0.25, -0.2) is 0 Å². The van der Waals surface area contributed by atoms with Crippen LogP contribution in [0, 0.1) is 0 Å². The van der Waals surface area contributed by atoms with Gasteiger partial charge in [0.1, 0.15) is 0 Å². The Morgan fingerprint density at radius 2 is 1.76 bits per heavy atom. The Morgan fingerprint density at radius 1 is 0.970 bits per heavy atom. The SMILES string of the molecule is Clc1cc2c(cc1[C@@H]1Nc3ccccc3-c3nnc(SCc4ccccc4)nc3O1)OCO2. The van der Waals surface area contributed by atoms with E-state index in [9.17, 15) is 0 Å². The normalized spacial score (nSPS) is 15.6. The van der Waals surface area contributed by atoms with E-state index in [1.807, 2.05) is 48.5 Å². The van der Waals surface area contributed by atoms with Gasteiger partial charge in [-0.05, 0) is 17.7 Å². The fourth-order valence-electron chi connectivity index (χ4n) is 3.71. The van der Waals surface area contributed by atoms with Crippen LogP contribution >= 0.6 is 23.4 Å². The summed E-state index contributed by atoms with van der Waals surface area (Å²) in [5, 5.41) is 13.3. The third kappa shape index (κ3) is 3.92. The molecule has 0 spiro atoms. The molecule has 1 N–H and O–H groups in total. The van der Waals surface area contributed by atoms with Gasteiger partial charge in [-0.3, -0.25) is 0 Å². The standard InChI is InChI=1S/C24H17ClN4O3S/c25-17-11-20-19(30-13-31-20)10-16(17)22-26-18-9-5-4-8-15(18)21-23(32-22)27-24(29-28-21)33-12-14-6-2-1-3-7-14/h1-11,22,26H,12-13H2/t22-/m1/s1. The van der Waals surface area contributed by atoms with Gasteiger partial charge in [-0.15, -0.1) is 10.2 Å². The summed E-state index contributed by atoms with van der Waals surface area (Å²) in [6, 6.07) is 21.5. The lowest BCUT2D eigenvalue weighted by Gasteiger charge is -2.20. The number of benzene rings is 3. The van der Waals surface area contributed by atoms with Crippen LogP contribution in [0.25, 0.3) is 11.3 Å². The van der Waals surface area contributed by atoms with Crippen LogP contribution in [0.4, 0.5) is 5.69 Å². The Hall–Kier alpha value is -3.49. The Labute approximate surface area is 199 Å². The first-order valence-electron chi connectivity index (χ1n) is 10.3. The van der Waals surface area contributed by atoms with Crippen LogP contribution in [0.1, 0.15) is 17.4 Å². The minimum atomic E-state index is -0.613. The van der Waals surface area contributed by atoms with E-state index in [-0.39, 0.29) is 6.79 Å². The monoisotopic (exact) mass is 476 g/mol. The van der Waals surface area contributed by atoms with Gasteiger partial charge in [-0.2, -0.15) is 4.98 Å². The van der Waals surface area contributed by atoms with E-state index in [2.05, 4.69) is 27.6 Å². The topological polar surface area (TPSA) is 78.4 Å². The molecule has 0 amide bonds. The van der Waals surface area contributed by atoms with Crippen LogP contribution < -0.4 is 19.5 Å². The van der Waals surface area contributed by atoms with E-state index < -0.39 is 6.23 Å². The molecular weight excluding hydrogens is 460 g/mol. The van der Waals surface area contributed by atoms with Crippen molar-refractivity contribution in [2.24, 2.45) is 0 Å². The Morgan fingerprint density at radius 3 is 2.64 bits per heavy atom. The van der Waals surface area contributed by atoms with Crippen molar-refractivity contribution >= 4 is 29.1 Å². The van der Waals surface area contributed by atoms with Crippen molar-refractivity contribution in [1.29, 1.82) is 0 Å². The number of aromatic nitrogens is 3. The highest BCUT2D eigenvalue weighted by molar-refractivity contribution is 7.98. The zero-order valence-corrected chi connectivity index (χ0v) is 18.8. The summed E-state index contributed by atoms with van der Waals surface area (Å²) in [5.41, 5.74) is 4.16. The molecule has 3 heterocycles. The van der Waals surface area contributed by atoms with Crippen molar-refractivity contribution < 1.29 is 14.2 Å². The van der Waals surface area contributed by atoms with E-state index in [4.69, 9.17) is 30.8 Å². The number of halogens is 1. The fraction of sp³-hybridized carbons (Fsp3) is 0.125. The van der Waals surface area contributed by atoms with E-state index in [0.717, 1.165) is 17.0 Å². The number of hydrogen-bond donors (Lipinski definition) is 1. The van der Waals surface area contributed by atoms with E-state index in [1.165, 1.54) is 17.3 Å². The highest BCUT2D eigenvalue weighted by atomic mass is 35.5. The molecule has 0 bridgehead atoms. The van der Waals surface area contributed by atoms with Crippen LogP contribution in [-0.2, 0) is 5.75 Å². The molecule has 0 radical (unpaired) electrons. The lowest BCUT2D eigenvalue weighted by atomic mass is 10.1. The molecule has 9 heteroatoms. The molecule has 1 atom stereocenters. The molecule has 6 rings (SSSR count). The largest absolute Gasteiger partial charge is 0.454 e. The highest BCUT2D eigenvalue weighted by Gasteiger charge is 2.29. The average molecular weight is 477 g/mol. The number of anilines is 1. The summed E-state index contributed by atoms with van der Waals surface area (Å²) in [5.74, 6) is 2.35. The molecule has 0 unspecified atom stereocenters. The molecule has 3 aromatic carbocycles. The summed E-state index contributed by atoms with van der Waals surface area (Å²) in [7, 11) is 0. The second-order valence-electron chi connectivity index (χ2n) is 7.44. The van der Waals surface area contributed by atoms with E-state index >= 15 is 0 Å². The van der Waals surface area contributed by atoms with Crippen molar-refractivity contribution in [2.75, 3.05) is 12.1 Å². The van der Waals surface area contributed by atoms with Crippen molar-refractivity contribution in [3.8, 4) is 28.6 Å². The number of nitrogens with one attached hydrogen (secondary N) is 1. The predicted molar refractivity (Wildman–Crippen MR) is 126 cm³/mol. The van der Waals surface area contributed by atoms with E-state index in [0.29, 0.717) is 38.8 Å². The van der Waals surface area contributed by atoms with E-state index in [1.54, 1.807) is 6.07 Å². The van der Waals surface area contributed by atoms with Crippen LogP contribution in [0.15, 0.2) is 71.9 Å². The average Bonchev–Trinajstić information content (AvgIpc) is 3.23. The number of nitrogens with zero attached hydrogens (tertiary/aromatic N) is 3. The van der Waals surface area contributed by atoms with Crippen LogP contribution in [0.2, 0.25) is 5.02 Å². The summed E-state index contributed by atoms with van der Waals surface area (Å²) in [6.45, 7) is 0.166. The van der Waals surface area contributed by atoms with Crippen molar-refractivity contribution in [2.45, 2.75) is 17.1 Å². The zero-order valence-electron chi connectivity index (χ0n) is 17.2. The lowest BCUT2D eigenvalue weighted by molar-refractivity contribution is 0.173. The fourth-order valence-corrected chi connectivity index (χ4v) is 4.69. The van der Waals surface area contributed by atoms with Gasteiger partial charge in [0.25, 0.3) is 0 Å². The van der Waals surface area contributed by atoms with Gasteiger partial charge >= 0.3 is 0 Å².